The average molecular weight is 348 g/mol. The normalized spacial score (nSPS) is 11.4. The first-order valence-corrected chi connectivity index (χ1v) is 8.85. The minimum Gasteiger partial charge on any atom is -0.375 e. The number of rotatable bonds is 6. The molecule has 0 saturated carbocycles. The molecule has 3 heterocycles. The molecule has 0 aliphatic rings. The number of H-pyrrole nitrogens is 1. The number of anilines is 1. The second kappa shape index (κ2) is 6.60. The monoisotopic (exact) mass is 348 g/mol. The quantitative estimate of drug-likeness (QED) is 0.698. The molecule has 8 nitrogen and oxygen atoms in total. The fourth-order valence-corrected chi connectivity index (χ4v) is 3.28. The van der Waals surface area contributed by atoms with Crippen LogP contribution in [-0.2, 0) is 19.5 Å². The number of nitrogen functional groups attached to an aromatic ring is 1. The van der Waals surface area contributed by atoms with Gasteiger partial charge in [-0.25, -0.2) is 14.8 Å². The van der Waals surface area contributed by atoms with Crippen LogP contribution in [0.25, 0.3) is 11.2 Å². The molecule has 24 heavy (non-hydrogen) atoms. The minimum atomic E-state index is -0.319. The highest BCUT2D eigenvalue weighted by Crippen LogP contribution is 2.15. The van der Waals surface area contributed by atoms with Gasteiger partial charge in [0, 0.05) is 24.9 Å². The van der Waals surface area contributed by atoms with Crippen molar-refractivity contribution >= 4 is 27.6 Å². The maximum atomic E-state index is 12.6. The number of fused-ring (bicyclic) bond motifs is 1. The zero-order valence-electron chi connectivity index (χ0n) is 13.7. The lowest BCUT2D eigenvalue weighted by Gasteiger charge is -2.09. The highest BCUT2D eigenvalue weighted by atomic mass is 32.1. The molecule has 0 aromatic carbocycles. The highest BCUT2D eigenvalue weighted by molar-refractivity contribution is 7.13. The molecule has 0 atom stereocenters. The van der Waals surface area contributed by atoms with Crippen LogP contribution in [0.3, 0.4) is 0 Å². The molecule has 0 spiro atoms. The van der Waals surface area contributed by atoms with Crippen molar-refractivity contribution in [3.8, 4) is 0 Å². The van der Waals surface area contributed by atoms with Gasteiger partial charge in [-0.2, -0.15) is 0 Å². The van der Waals surface area contributed by atoms with Gasteiger partial charge in [0.1, 0.15) is 11.3 Å². The Labute approximate surface area is 142 Å². The molecule has 3 rings (SSSR count). The molecule has 3 aromatic rings. The van der Waals surface area contributed by atoms with Gasteiger partial charge in [0.05, 0.1) is 5.69 Å². The van der Waals surface area contributed by atoms with E-state index in [9.17, 15) is 9.59 Å². The van der Waals surface area contributed by atoms with Gasteiger partial charge in [-0.15, -0.1) is 11.3 Å². The Balaban J connectivity index is 2.16. The maximum absolute atomic E-state index is 12.6. The van der Waals surface area contributed by atoms with E-state index >= 15 is 0 Å². The van der Waals surface area contributed by atoms with Gasteiger partial charge in [-0.3, -0.25) is 13.9 Å². The lowest BCUT2D eigenvalue weighted by atomic mass is 10.3. The second-order valence-corrected chi connectivity index (χ2v) is 6.52. The molecular weight excluding hydrogens is 328 g/mol. The standard InChI is InChI=1S/C15H20N6O2S/c1-3-5-20-12-11(13(22)21(6-4-2)15(20)23)18-10(19-12)7-9-8-24-14(16)17-9/h8H,3-7H2,1-2H3,(H2,16,17)(H,18,19). The summed E-state index contributed by atoms with van der Waals surface area (Å²) in [7, 11) is 0. The first-order chi connectivity index (χ1) is 11.5. The van der Waals surface area contributed by atoms with Crippen LogP contribution in [0.2, 0.25) is 0 Å². The number of aromatic amines is 1. The molecular formula is C15H20N6O2S. The number of hydrogen-bond acceptors (Lipinski definition) is 6. The van der Waals surface area contributed by atoms with Gasteiger partial charge in [-0.1, -0.05) is 13.8 Å². The van der Waals surface area contributed by atoms with Crippen LogP contribution in [0.15, 0.2) is 15.0 Å². The summed E-state index contributed by atoms with van der Waals surface area (Å²) in [6.45, 7) is 4.84. The average Bonchev–Trinajstić information content (AvgIpc) is 3.15. The number of imidazole rings is 1. The van der Waals surface area contributed by atoms with Crippen molar-refractivity contribution in [2.45, 2.75) is 46.2 Å². The van der Waals surface area contributed by atoms with Crippen LogP contribution < -0.4 is 17.0 Å². The molecule has 3 aromatic heterocycles. The third-order valence-corrected chi connectivity index (χ3v) is 4.45. The third kappa shape index (κ3) is 2.86. The molecule has 9 heteroatoms. The van der Waals surface area contributed by atoms with Gasteiger partial charge < -0.3 is 10.7 Å². The summed E-state index contributed by atoms with van der Waals surface area (Å²) >= 11 is 1.36. The Kier molecular flexibility index (Phi) is 4.52. The number of nitrogens with two attached hydrogens (primary N) is 1. The van der Waals surface area contributed by atoms with E-state index < -0.39 is 0 Å². The van der Waals surface area contributed by atoms with Crippen molar-refractivity contribution in [3.63, 3.8) is 0 Å². The summed E-state index contributed by atoms with van der Waals surface area (Å²) in [5.41, 5.74) is 6.60. The molecule has 0 amide bonds. The summed E-state index contributed by atoms with van der Waals surface area (Å²) in [5.74, 6) is 0.603. The molecule has 0 saturated heterocycles. The first-order valence-electron chi connectivity index (χ1n) is 7.97. The van der Waals surface area contributed by atoms with E-state index in [4.69, 9.17) is 5.73 Å². The summed E-state index contributed by atoms with van der Waals surface area (Å²) in [4.78, 5) is 37.0. The van der Waals surface area contributed by atoms with Gasteiger partial charge >= 0.3 is 5.69 Å². The van der Waals surface area contributed by atoms with Crippen LogP contribution in [0, 0.1) is 0 Å². The Bertz CT molecular complexity index is 980. The molecule has 3 N–H and O–H groups in total. The van der Waals surface area contributed by atoms with Crippen molar-refractivity contribution in [2.75, 3.05) is 5.73 Å². The minimum absolute atomic E-state index is 0.299. The topological polar surface area (TPSA) is 112 Å². The third-order valence-electron chi connectivity index (χ3n) is 3.72. The predicted molar refractivity (Wildman–Crippen MR) is 94.5 cm³/mol. The lowest BCUT2D eigenvalue weighted by Crippen LogP contribution is -2.40. The van der Waals surface area contributed by atoms with Crippen molar-refractivity contribution in [1.29, 1.82) is 0 Å². The van der Waals surface area contributed by atoms with Crippen LogP contribution in [0.4, 0.5) is 5.13 Å². The second-order valence-electron chi connectivity index (χ2n) is 5.63. The number of aromatic nitrogens is 5. The fraction of sp³-hybridized carbons (Fsp3) is 0.467. The van der Waals surface area contributed by atoms with Gasteiger partial charge in [0.25, 0.3) is 5.56 Å². The molecule has 0 bridgehead atoms. The van der Waals surface area contributed by atoms with E-state index in [1.165, 1.54) is 15.9 Å². The van der Waals surface area contributed by atoms with Gasteiger partial charge in [0.2, 0.25) is 0 Å². The van der Waals surface area contributed by atoms with Crippen LogP contribution in [0.5, 0.6) is 0 Å². The Morgan fingerprint density at radius 1 is 1.17 bits per heavy atom. The van der Waals surface area contributed by atoms with Crippen LogP contribution >= 0.6 is 11.3 Å². The largest absolute Gasteiger partial charge is 0.375 e. The lowest BCUT2D eigenvalue weighted by molar-refractivity contribution is 0.555. The Morgan fingerprint density at radius 3 is 2.50 bits per heavy atom. The molecule has 128 valence electrons. The van der Waals surface area contributed by atoms with E-state index in [-0.39, 0.29) is 11.2 Å². The Morgan fingerprint density at radius 2 is 1.88 bits per heavy atom. The molecule has 0 radical (unpaired) electrons. The van der Waals surface area contributed by atoms with E-state index in [1.54, 1.807) is 4.57 Å². The van der Waals surface area contributed by atoms with Crippen molar-refractivity contribution in [1.82, 2.24) is 24.1 Å². The number of nitrogens with one attached hydrogen (secondary N) is 1. The first kappa shape index (κ1) is 16.4. The zero-order valence-corrected chi connectivity index (χ0v) is 14.5. The van der Waals surface area contributed by atoms with E-state index in [0.29, 0.717) is 48.1 Å². The fourth-order valence-electron chi connectivity index (χ4n) is 2.72. The molecule has 0 aliphatic carbocycles. The highest BCUT2D eigenvalue weighted by Gasteiger charge is 2.17. The SMILES string of the molecule is CCCn1c(=O)c2[nH]c(Cc3csc(N)n3)nc2n(CCC)c1=O. The summed E-state index contributed by atoms with van der Waals surface area (Å²) < 4.78 is 2.85. The van der Waals surface area contributed by atoms with Crippen LogP contribution in [0.1, 0.15) is 38.2 Å². The summed E-state index contributed by atoms with van der Waals surface area (Å²) in [6.07, 6.45) is 1.94. The van der Waals surface area contributed by atoms with Gasteiger partial charge in [-0.05, 0) is 12.8 Å². The molecule has 0 unspecified atom stereocenters. The number of nitrogens with zero attached hydrogens (tertiary/aromatic N) is 4. The number of hydrogen-bond donors (Lipinski definition) is 2. The number of aryl methyl sites for hydroxylation is 1. The maximum Gasteiger partial charge on any atom is 0.332 e. The number of thiazole rings is 1. The molecule has 0 aliphatic heterocycles. The van der Waals surface area contributed by atoms with E-state index in [0.717, 1.165) is 12.1 Å². The predicted octanol–water partition coefficient (Wildman–Crippen LogP) is 1.34. The van der Waals surface area contributed by atoms with E-state index in [1.807, 2.05) is 19.2 Å². The Hall–Kier alpha value is -2.42. The van der Waals surface area contributed by atoms with E-state index in [2.05, 4.69) is 15.0 Å². The summed E-state index contributed by atoms with van der Waals surface area (Å²) in [6, 6.07) is 0. The van der Waals surface area contributed by atoms with Crippen molar-refractivity contribution in [3.05, 3.63) is 37.7 Å². The molecule has 0 fully saturated rings. The van der Waals surface area contributed by atoms with Gasteiger partial charge in [0.15, 0.2) is 10.8 Å². The summed E-state index contributed by atoms with van der Waals surface area (Å²) in [5, 5.41) is 2.35. The zero-order chi connectivity index (χ0) is 17.3. The van der Waals surface area contributed by atoms with Crippen molar-refractivity contribution < 1.29 is 0 Å². The van der Waals surface area contributed by atoms with Crippen LogP contribution in [-0.4, -0.2) is 24.1 Å². The van der Waals surface area contributed by atoms with Crippen molar-refractivity contribution in [2.24, 2.45) is 0 Å². The smallest absolute Gasteiger partial charge is 0.332 e.